The van der Waals surface area contributed by atoms with Gasteiger partial charge in [0.2, 0.25) is 0 Å². The summed E-state index contributed by atoms with van der Waals surface area (Å²) in [6.45, 7) is 6.63. The molecule has 1 aliphatic heterocycles. The van der Waals surface area contributed by atoms with Crippen LogP contribution in [0.5, 0.6) is 0 Å². The zero-order chi connectivity index (χ0) is 27.5. The van der Waals surface area contributed by atoms with Crippen molar-refractivity contribution in [2.75, 3.05) is 27.2 Å². The van der Waals surface area contributed by atoms with E-state index in [1.54, 1.807) is 0 Å². The van der Waals surface area contributed by atoms with Gasteiger partial charge in [0.1, 0.15) is 12.0 Å². The SMILES string of the molecule is CCCCCCCCCC(CCCCCCCC1CC1CCCCCCCC)OC(=O)C1CC[N+](C)(C)C1. The first-order valence-electron chi connectivity index (χ1n) is 17.5. The molecule has 0 aromatic rings. The van der Waals surface area contributed by atoms with Crippen LogP contribution in [0.25, 0.3) is 0 Å². The third-order valence-electron chi connectivity index (χ3n) is 9.64. The minimum absolute atomic E-state index is 0.0987. The van der Waals surface area contributed by atoms with E-state index in [0.717, 1.165) is 48.7 Å². The molecule has 224 valence electrons. The van der Waals surface area contributed by atoms with Crippen LogP contribution in [0.3, 0.4) is 0 Å². The summed E-state index contributed by atoms with van der Waals surface area (Å²) in [5.74, 6) is 2.36. The topological polar surface area (TPSA) is 26.3 Å². The number of hydrogen-bond donors (Lipinski definition) is 0. The lowest BCUT2D eigenvalue weighted by molar-refractivity contribution is -0.878. The monoisotopic (exact) mass is 535 g/mol. The Morgan fingerprint density at radius 1 is 0.684 bits per heavy atom. The van der Waals surface area contributed by atoms with Crippen LogP contribution in [-0.2, 0) is 9.53 Å². The summed E-state index contributed by atoms with van der Waals surface area (Å²) in [6.07, 6.45) is 32.5. The molecule has 4 atom stereocenters. The van der Waals surface area contributed by atoms with Crippen molar-refractivity contribution in [1.29, 1.82) is 0 Å². The summed E-state index contributed by atoms with van der Waals surface area (Å²) in [7, 11) is 4.48. The summed E-state index contributed by atoms with van der Waals surface area (Å²) in [5, 5.41) is 0. The summed E-state index contributed by atoms with van der Waals surface area (Å²) in [4.78, 5) is 12.9. The van der Waals surface area contributed by atoms with Gasteiger partial charge in [-0.05, 0) is 43.9 Å². The quantitative estimate of drug-likeness (QED) is 0.0661. The number of carbonyl (C=O) groups excluding carboxylic acids is 1. The van der Waals surface area contributed by atoms with Crippen molar-refractivity contribution in [2.45, 2.75) is 174 Å². The number of nitrogens with zero attached hydrogens (tertiary/aromatic N) is 1. The van der Waals surface area contributed by atoms with Crippen LogP contribution in [0.1, 0.15) is 168 Å². The fourth-order valence-electron chi connectivity index (χ4n) is 6.84. The highest BCUT2D eigenvalue weighted by molar-refractivity contribution is 5.73. The van der Waals surface area contributed by atoms with Gasteiger partial charge in [-0.2, -0.15) is 0 Å². The van der Waals surface area contributed by atoms with E-state index in [0.29, 0.717) is 0 Å². The summed E-state index contributed by atoms with van der Waals surface area (Å²) in [5.41, 5.74) is 0. The Morgan fingerprint density at radius 2 is 1.13 bits per heavy atom. The van der Waals surface area contributed by atoms with Crippen LogP contribution >= 0.6 is 0 Å². The Kier molecular flexibility index (Phi) is 18.0. The molecule has 2 fully saturated rings. The molecule has 1 heterocycles. The minimum Gasteiger partial charge on any atom is -0.462 e. The first-order valence-corrected chi connectivity index (χ1v) is 17.5. The molecule has 2 aliphatic rings. The standard InChI is InChI=1S/C35H68NO2/c1-5-7-9-11-13-17-21-25-34(38-35(37)33-27-28-36(3,4)30-33)26-22-18-14-16-20-24-32-29-31(32)23-19-15-12-10-8-6-2/h31-34H,5-30H2,1-4H3/q+1. The molecule has 0 bridgehead atoms. The van der Waals surface area contributed by atoms with E-state index in [2.05, 4.69) is 27.9 Å². The molecular formula is C35H68NO2+. The van der Waals surface area contributed by atoms with E-state index in [1.165, 1.54) is 135 Å². The average Bonchev–Trinajstić information content (AvgIpc) is 3.54. The first kappa shape index (κ1) is 33.6. The molecule has 0 amide bonds. The van der Waals surface area contributed by atoms with E-state index in [4.69, 9.17) is 4.74 Å². The van der Waals surface area contributed by atoms with Crippen LogP contribution < -0.4 is 0 Å². The second-order valence-corrected chi connectivity index (χ2v) is 14.0. The van der Waals surface area contributed by atoms with Gasteiger partial charge < -0.3 is 9.22 Å². The number of unbranched alkanes of at least 4 members (excludes halogenated alkanes) is 15. The van der Waals surface area contributed by atoms with E-state index in [9.17, 15) is 4.79 Å². The lowest BCUT2D eigenvalue weighted by atomic mass is 10.0. The van der Waals surface area contributed by atoms with Crippen molar-refractivity contribution >= 4 is 5.97 Å². The Bertz CT molecular complexity index is 588. The van der Waals surface area contributed by atoms with E-state index in [-0.39, 0.29) is 18.0 Å². The highest BCUT2D eigenvalue weighted by atomic mass is 16.5. The molecule has 0 N–H and O–H groups in total. The fraction of sp³-hybridized carbons (Fsp3) is 0.971. The van der Waals surface area contributed by atoms with Crippen molar-refractivity contribution in [3.8, 4) is 0 Å². The Hall–Kier alpha value is -0.570. The number of carbonyl (C=O) groups is 1. The van der Waals surface area contributed by atoms with Gasteiger partial charge in [0.15, 0.2) is 0 Å². The largest absolute Gasteiger partial charge is 0.462 e. The molecule has 2 rings (SSSR count). The maximum absolute atomic E-state index is 12.9. The number of rotatable bonds is 25. The minimum atomic E-state index is 0.0987. The molecule has 1 saturated heterocycles. The molecule has 1 saturated carbocycles. The van der Waals surface area contributed by atoms with Crippen molar-refractivity contribution < 1.29 is 14.0 Å². The highest BCUT2D eigenvalue weighted by Crippen LogP contribution is 2.45. The number of esters is 1. The zero-order valence-corrected chi connectivity index (χ0v) is 26.5. The molecule has 4 unspecified atom stereocenters. The molecule has 0 aromatic heterocycles. The maximum atomic E-state index is 12.9. The van der Waals surface area contributed by atoms with Crippen molar-refractivity contribution in [1.82, 2.24) is 0 Å². The third-order valence-corrected chi connectivity index (χ3v) is 9.64. The lowest BCUT2D eigenvalue weighted by Crippen LogP contribution is -2.38. The third kappa shape index (κ3) is 15.9. The van der Waals surface area contributed by atoms with Gasteiger partial charge in [-0.1, -0.05) is 129 Å². The average molecular weight is 535 g/mol. The summed E-state index contributed by atoms with van der Waals surface area (Å²) in [6, 6.07) is 0. The first-order chi connectivity index (χ1) is 18.4. The number of likely N-dealkylation sites (tertiary alicyclic amines) is 1. The van der Waals surface area contributed by atoms with Gasteiger partial charge in [0.25, 0.3) is 0 Å². The molecule has 0 spiro atoms. The van der Waals surface area contributed by atoms with Crippen LogP contribution in [0.15, 0.2) is 0 Å². The maximum Gasteiger partial charge on any atom is 0.315 e. The predicted molar refractivity (Wildman–Crippen MR) is 164 cm³/mol. The van der Waals surface area contributed by atoms with Gasteiger partial charge in [0.05, 0.1) is 27.2 Å². The lowest BCUT2D eigenvalue weighted by Gasteiger charge is -2.24. The van der Waals surface area contributed by atoms with Crippen LogP contribution in [0, 0.1) is 17.8 Å². The highest BCUT2D eigenvalue weighted by Gasteiger charge is 2.37. The summed E-state index contributed by atoms with van der Waals surface area (Å²) >= 11 is 0. The van der Waals surface area contributed by atoms with Gasteiger partial charge in [-0.3, -0.25) is 4.79 Å². The second-order valence-electron chi connectivity index (χ2n) is 14.0. The summed E-state index contributed by atoms with van der Waals surface area (Å²) < 4.78 is 7.12. The molecule has 1 aliphatic carbocycles. The van der Waals surface area contributed by atoms with E-state index < -0.39 is 0 Å². The number of quaternary nitrogens is 1. The van der Waals surface area contributed by atoms with Crippen LogP contribution in [-0.4, -0.2) is 43.7 Å². The number of ether oxygens (including phenoxy) is 1. The van der Waals surface area contributed by atoms with E-state index >= 15 is 0 Å². The van der Waals surface area contributed by atoms with Crippen molar-refractivity contribution in [3.05, 3.63) is 0 Å². The van der Waals surface area contributed by atoms with E-state index in [1.807, 2.05) is 0 Å². The van der Waals surface area contributed by atoms with Gasteiger partial charge >= 0.3 is 5.97 Å². The van der Waals surface area contributed by atoms with Crippen molar-refractivity contribution in [2.24, 2.45) is 17.8 Å². The molecule has 3 heteroatoms. The smallest absolute Gasteiger partial charge is 0.315 e. The Labute approximate surface area is 238 Å². The van der Waals surface area contributed by atoms with Crippen molar-refractivity contribution in [3.63, 3.8) is 0 Å². The normalized spacial score (nSPS) is 23.0. The van der Waals surface area contributed by atoms with Gasteiger partial charge in [-0.15, -0.1) is 0 Å². The molecule has 0 aromatic carbocycles. The molecule has 3 nitrogen and oxygen atoms in total. The van der Waals surface area contributed by atoms with Crippen LogP contribution in [0.2, 0.25) is 0 Å². The zero-order valence-electron chi connectivity index (χ0n) is 26.5. The fourth-order valence-corrected chi connectivity index (χ4v) is 6.84. The predicted octanol–water partition coefficient (Wildman–Crippen LogP) is 10.3. The second kappa shape index (κ2) is 20.3. The number of hydrogen-bond acceptors (Lipinski definition) is 2. The Morgan fingerprint density at radius 3 is 1.58 bits per heavy atom. The Balaban J connectivity index is 1.53. The van der Waals surface area contributed by atoms with Gasteiger partial charge in [-0.25, -0.2) is 0 Å². The molecular weight excluding hydrogens is 466 g/mol. The molecule has 38 heavy (non-hydrogen) atoms. The van der Waals surface area contributed by atoms with Gasteiger partial charge in [0, 0.05) is 6.42 Å². The molecule has 0 radical (unpaired) electrons. The van der Waals surface area contributed by atoms with Crippen LogP contribution in [0.4, 0.5) is 0 Å².